The summed E-state index contributed by atoms with van der Waals surface area (Å²) in [7, 11) is 1.38. The zero-order valence-corrected chi connectivity index (χ0v) is 13.0. The summed E-state index contributed by atoms with van der Waals surface area (Å²) >= 11 is 0. The minimum atomic E-state index is -0.287. The normalized spacial score (nSPS) is 8.45. The Labute approximate surface area is 122 Å². The third-order valence-electron chi connectivity index (χ3n) is 2.41. The number of aryl methyl sites for hydroxylation is 2. The molecule has 0 saturated carbocycles. The fourth-order valence-electron chi connectivity index (χ4n) is 1.34. The third kappa shape index (κ3) is 7.37. The Bertz CT molecular complexity index is 473. The van der Waals surface area contributed by atoms with Gasteiger partial charge in [-0.1, -0.05) is 67.4 Å². The average Bonchev–Trinajstić information content (AvgIpc) is 2.51. The van der Waals surface area contributed by atoms with Crippen molar-refractivity contribution in [3.63, 3.8) is 0 Å². The van der Waals surface area contributed by atoms with Gasteiger partial charge in [-0.15, -0.1) is 0 Å². The minimum absolute atomic E-state index is 0.287. The molecule has 0 spiro atoms. The van der Waals surface area contributed by atoms with E-state index in [0.29, 0.717) is 5.56 Å². The van der Waals surface area contributed by atoms with Gasteiger partial charge < -0.3 is 4.74 Å². The van der Waals surface area contributed by atoms with Gasteiger partial charge in [0.15, 0.2) is 0 Å². The van der Waals surface area contributed by atoms with Gasteiger partial charge >= 0.3 is 5.97 Å². The van der Waals surface area contributed by atoms with Crippen molar-refractivity contribution in [2.45, 2.75) is 27.7 Å². The summed E-state index contributed by atoms with van der Waals surface area (Å²) in [6.45, 7) is 8.06. The second kappa shape index (κ2) is 10.8. The van der Waals surface area contributed by atoms with Gasteiger partial charge in [0, 0.05) is 0 Å². The van der Waals surface area contributed by atoms with E-state index in [1.807, 2.05) is 51.1 Å². The molecule has 0 aliphatic carbocycles. The SMILES string of the molecule is CC.COC(=O)c1ccc(C)cc1.Cc1ccccc1. The van der Waals surface area contributed by atoms with E-state index in [1.54, 1.807) is 12.1 Å². The Morgan fingerprint density at radius 3 is 1.60 bits per heavy atom. The second-order valence-corrected chi connectivity index (χ2v) is 4.01. The lowest BCUT2D eigenvalue weighted by Gasteiger charge is -1.97. The van der Waals surface area contributed by atoms with E-state index >= 15 is 0 Å². The molecule has 0 fully saturated rings. The van der Waals surface area contributed by atoms with Gasteiger partial charge in [-0.05, 0) is 26.0 Å². The molecule has 0 amide bonds. The zero-order valence-electron chi connectivity index (χ0n) is 13.0. The van der Waals surface area contributed by atoms with Gasteiger partial charge in [0.2, 0.25) is 0 Å². The molecule has 0 radical (unpaired) electrons. The standard InChI is InChI=1S/C9H10O2.C7H8.C2H6/c1-7-3-5-8(6-4-7)9(10)11-2;1-7-5-3-2-4-6-7;1-2/h3-6H,1-2H3;2-6H,1H3;1-2H3. The quantitative estimate of drug-likeness (QED) is 0.697. The van der Waals surface area contributed by atoms with Gasteiger partial charge in [0.05, 0.1) is 12.7 Å². The predicted molar refractivity (Wildman–Crippen MR) is 85.0 cm³/mol. The average molecular weight is 272 g/mol. The fraction of sp³-hybridized carbons (Fsp3) is 0.278. The Morgan fingerprint density at radius 1 is 0.800 bits per heavy atom. The molecule has 0 aliphatic heterocycles. The first-order chi connectivity index (χ1) is 9.63. The number of hydrogen-bond acceptors (Lipinski definition) is 2. The largest absolute Gasteiger partial charge is 0.465 e. The van der Waals surface area contributed by atoms with Crippen LogP contribution in [-0.2, 0) is 4.74 Å². The number of esters is 1. The first-order valence-corrected chi connectivity index (χ1v) is 6.80. The summed E-state index contributed by atoms with van der Waals surface area (Å²) in [5.41, 5.74) is 3.05. The summed E-state index contributed by atoms with van der Waals surface area (Å²) in [4.78, 5) is 10.9. The van der Waals surface area contributed by atoms with E-state index < -0.39 is 0 Å². The molecule has 0 unspecified atom stereocenters. The van der Waals surface area contributed by atoms with Crippen LogP contribution in [0.25, 0.3) is 0 Å². The summed E-state index contributed by atoms with van der Waals surface area (Å²) in [5, 5.41) is 0. The van der Waals surface area contributed by atoms with Crippen LogP contribution in [0.15, 0.2) is 54.6 Å². The van der Waals surface area contributed by atoms with Crippen molar-refractivity contribution in [3.05, 3.63) is 71.3 Å². The molecule has 0 heterocycles. The van der Waals surface area contributed by atoms with Crippen molar-refractivity contribution >= 4 is 5.97 Å². The highest BCUT2D eigenvalue weighted by Gasteiger charge is 2.01. The minimum Gasteiger partial charge on any atom is -0.465 e. The van der Waals surface area contributed by atoms with Gasteiger partial charge in [-0.25, -0.2) is 4.79 Å². The molecule has 2 aromatic rings. The molecular weight excluding hydrogens is 248 g/mol. The van der Waals surface area contributed by atoms with Crippen LogP contribution in [0.5, 0.6) is 0 Å². The summed E-state index contributed by atoms with van der Waals surface area (Å²) in [6.07, 6.45) is 0. The van der Waals surface area contributed by atoms with Crippen LogP contribution >= 0.6 is 0 Å². The third-order valence-corrected chi connectivity index (χ3v) is 2.41. The van der Waals surface area contributed by atoms with Crippen molar-refractivity contribution < 1.29 is 9.53 Å². The highest BCUT2D eigenvalue weighted by Crippen LogP contribution is 2.03. The lowest BCUT2D eigenvalue weighted by Crippen LogP contribution is -2.00. The summed E-state index contributed by atoms with van der Waals surface area (Å²) in [5.74, 6) is -0.287. The molecule has 0 saturated heterocycles. The summed E-state index contributed by atoms with van der Waals surface area (Å²) in [6, 6.07) is 17.5. The number of benzene rings is 2. The van der Waals surface area contributed by atoms with Crippen LogP contribution in [0.2, 0.25) is 0 Å². The molecule has 20 heavy (non-hydrogen) atoms. The predicted octanol–water partition coefficient (Wildman–Crippen LogP) is 4.80. The first kappa shape index (κ1) is 17.9. The molecule has 2 heteroatoms. The van der Waals surface area contributed by atoms with Crippen LogP contribution in [-0.4, -0.2) is 13.1 Å². The van der Waals surface area contributed by atoms with Crippen molar-refractivity contribution in [2.24, 2.45) is 0 Å². The molecule has 0 atom stereocenters. The number of rotatable bonds is 1. The summed E-state index contributed by atoms with van der Waals surface area (Å²) < 4.78 is 4.54. The van der Waals surface area contributed by atoms with Crippen molar-refractivity contribution in [1.82, 2.24) is 0 Å². The monoisotopic (exact) mass is 272 g/mol. The van der Waals surface area contributed by atoms with E-state index in [2.05, 4.69) is 23.8 Å². The first-order valence-electron chi connectivity index (χ1n) is 6.80. The molecule has 2 nitrogen and oxygen atoms in total. The molecule has 0 N–H and O–H groups in total. The Morgan fingerprint density at radius 2 is 1.25 bits per heavy atom. The Hall–Kier alpha value is -2.09. The zero-order chi connectivity index (χ0) is 15.4. The molecule has 0 bridgehead atoms. The van der Waals surface area contributed by atoms with Crippen LogP contribution in [0.4, 0.5) is 0 Å². The molecular formula is C18H24O2. The molecule has 0 aliphatic rings. The van der Waals surface area contributed by atoms with Crippen molar-refractivity contribution in [3.8, 4) is 0 Å². The lowest BCUT2D eigenvalue weighted by molar-refractivity contribution is 0.0600. The molecule has 2 aromatic carbocycles. The number of methoxy groups -OCH3 is 1. The smallest absolute Gasteiger partial charge is 0.337 e. The lowest BCUT2D eigenvalue weighted by atomic mass is 10.2. The molecule has 0 aromatic heterocycles. The van der Waals surface area contributed by atoms with Crippen molar-refractivity contribution in [2.75, 3.05) is 7.11 Å². The number of ether oxygens (including phenoxy) is 1. The van der Waals surface area contributed by atoms with Gasteiger partial charge in [-0.2, -0.15) is 0 Å². The maximum atomic E-state index is 10.9. The highest BCUT2D eigenvalue weighted by molar-refractivity contribution is 5.89. The van der Waals surface area contributed by atoms with Crippen LogP contribution < -0.4 is 0 Å². The van der Waals surface area contributed by atoms with Crippen molar-refractivity contribution in [1.29, 1.82) is 0 Å². The Kier molecular flexibility index (Phi) is 9.67. The van der Waals surface area contributed by atoms with E-state index in [1.165, 1.54) is 12.7 Å². The van der Waals surface area contributed by atoms with E-state index in [9.17, 15) is 4.79 Å². The Balaban J connectivity index is 0.000000345. The highest BCUT2D eigenvalue weighted by atomic mass is 16.5. The maximum Gasteiger partial charge on any atom is 0.337 e. The number of carbonyl (C=O) groups is 1. The van der Waals surface area contributed by atoms with E-state index in [0.717, 1.165) is 5.56 Å². The van der Waals surface area contributed by atoms with Crippen LogP contribution in [0, 0.1) is 13.8 Å². The number of hydrogen-bond donors (Lipinski definition) is 0. The maximum absolute atomic E-state index is 10.9. The van der Waals surface area contributed by atoms with Gasteiger partial charge in [0.25, 0.3) is 0 Å². The van der Waals surface area contributed by atoms with Crippen LogP contribution in [0.3, 0.4) is 0 Å². The van der Waals surface area contributed by atoms with E-state index in [4.69, 9.17) is 0 Å². The van der Waals surface area contributed by atoms with Gasteiger partial charge in [-0.3, -0.25) is 0 Å². The molecule has 2 rings (SSSR count). The molecule has 108 valence electrons. The van der Waals surface area contributed by atoms with Gasteiger partial charge in [0.1, 0.15) is 0 Å². The second-order valence-electron chi connectivity index (χ2n) is 4.01. The van der Waals surface area contributed by atoms with Crippen LogP contribution in [0.1, 0.15) is 35.3 Å². The van der Waals surface area contributed by atoms with E-state index in [-0.39, 0.29) is 5.97 Å². The fourth-order valence-corrected chi connectivity index (χ4v) is 1.34. The number of carbonyl (C=O) groups excluding carboxylic acids is 1. The topological polar surface area (TPSA) is 26.3 Å².